The number of nitrogens with zero attached hydrogens (tertiary/aromatic N) is 3. The molecular formula is C25H30N4O3. The first-order valence-corrected chi connectivity index (χ1v) is 11.3. The molecule has 0 spiro atoms. The average molecular weight is 435 g/mol. The second-order valence-corrected chi connectivity index (χ2v) is 8.44. The molecule has 7 nitrogen and oxygen atoms in total. The highest BCUT2D eigenvalue weighted by molar-refractivity contribution is 6.00. The van der Waals surface area contributed by atoms with E-state index in [1.807, 2.05) is 59.5 Å². The van der Waals surface area contributed by atoms with Gasteiger partial charge in [-0.05, 0) is 36.2 Å². The van der Waals surface area contributed by atoms with E-state index in [1.165, 1.54) is 5.56 Å². The molecule has 0 aliphatic carbocycles. The van der Waals surface area contributed by atoms with Crippen LogP contribution in [0.3, 0.4) is 0 Å². The Balaban J connectivity index is 1.27. The number of para-hydroxylation sites is 1. The van der Waals surface area contributed by atoms with Crippen molar-refractivity contribution in [2.24, 2.45) is 5.92 Å². The van der Waals surface area contributed by atoms with Crippen molar-refractivity contribution < 1.29 is 14.4 Å². The van der Waals surface area contributed by atoms with E-state index in [9.17, 15) is 14.4 Å². The van der Waals surface area contributed by atoms with E-state index in [-0.39, 0.29) is 30.1 Å². The van der Waals surface area contributed by atoms with Crippen LogP contribution in [-0.2, 0) is 20.8 Å². The van der Waals surface area contributed by atoms with Gasteiger partial charge in [-0.3, -0.25) is 19.3 Å². The van der Waals surface area contributed by atoms with E-state index < -0.39 is 0 Å². The molecule has 168 valence electrons. The van der Waals surface area contributed by atoms with Crippen LogP contribution in [0.15, 0.2) is 54.6 Å². The molecule has 7 heteroatoms. The van der Waals surface area contributed by atoms with Crippen LogP contribution in [0.25, 0.3) is 0 Å². The number of amides is 3. The molecule has 2 aromatic rings. The standard InChI is InChI=1S/C25H30N4O3/c1-2-19-7-6-10-22(15-19)29-17-20(16-24(29)31)25(32)28-13-11-27(12-14-28)18-23(30)26-21-8-4-3-5-9-21/h3-10,15,20H,2,11-14,16-18H2,1H3,(H,26,30)/t20-/m0/s1. The number of piperazine rings is 1. The number of aryl methyl sites for hydroxylation is 1. The molecule has 1 atom stereocenters. The first-order chi connectivity index (χ1) is 15.5. The maximum Gasteiger partial charge on any atom is 0.238 e. The quantitative estimate of drug-likeness (QED) is 0.758. The third-order valence-electron chi connectivity index (χ3n) is 6.21. The van der Waals surface area contributed by atoms with Gasteiger partial charge in [0.25, 0.3) is 0 Å². The summed E-state index contributed by atoms with van der Waals surface area (Å²) in [5, 5.41) is 2.90. The summed E-state index contributed by atoms with van der Waals surface area (Å²) < 4.78 is 0. The minimum Gasteiger partial charge on any atom is -0.340 e. The Morgan fingerprint density at radius 1 is 1.00 bits per heavy atom. The lowest BCUT2D eigenvalue weighted by molar-refractivity contribution is -0.137. The van der Waals surface area contributed by atoms with Crippen LogP contribution in [0.1, 0.15) is 18.9 Å². The van der Waals surface area contributed by atoms with Crippen LogP contribution in [0.4, 0.5) is 11.4 Å². The summed E-state index contributed by atoms with van der Waals surface area (Å²) in [4.78, 5) is 43.6. The summed E-state index contributed by atoms with van der Waals surface area (Å²) in [5.41, 5.74) is 2.84. The Morgan fingerprint density at radius 3 is 2.47 bits per heavy atom. The van der Waals surface area contributed by atoms with Crippen LogP contribution >= 0.6 is 0 Å². The third kappa shape index (κ3) is 5.16. The lowest BCUT2D eigenvalue weighted by Crippen LogP contribution is -2.52. The van der Waals surface area contributed by atoms with Gasteiger partial charge in [0.15, 0.2) is 0 Å². The van der Waals surface area contributed by atoms with Gasteiger partial charge in [0.1, 0.15) is 0 Å². The van der Waals surface area contributed by atoms with Gasteiger partial charge in [-0.15, -0.1) is 0 Å². The molecule has 2 aliphatic rings. The molecule has 2 saturated heterocycles. The van der Waals surface area contributed by atoms with Crippen LogP contribution in [-0.4, -0.2) is 66.8 Å². The number of carbonyl (C=O) groups excluding carboxylic acids is 3. The maximum atomic E-state index is 13.1. The van der Waals surface area contributed by atoms with Gasteiger partial charge in [0.2, 0.25) is 17.7 Å². The van der Waals surface area contributed by atoms with Crippen molar-refractivity contribution in [3.63, 3.8) is 0 Å². The number of benzene rings is 2. The van der Waals surface area contributed by atoms with Crippen molar-refractivity contribution in [2.75, 3.05) is 49.5 Å². The van der Waals surface area contributed by atoms with E-state index in [0.717, 1.165) is 17.8 Å². The number of anilines is 2. The Kier molecular flexibility index (Phi) is 6.85. The van der Waals surface area contributed by atoms with Gasteiger partial charge < -0.3 is 15.1 Å². The molecule has 4 rings (SSSR count). The predicted molar refractivity (Wildman–Crippen MR) is 124 cm³/mol. The second-order valence-electron chi connectivity index (χ2n) is 8.44. The fraction of sp³-hybridized carbons (Fsp3) is 0.400. The summed E-state index contributed by atoms with van der Waals surface area (Å²) in [6.07, 6.45) is 1.17. The molecule has 2 heterocycles. The van der Waals surface area contributed by atoms with Crippen molar-refractivity contribution in [1.82, 2.24) is 9.80 Å². The number of carbonyl (C=O) groups is 3. The first-order valence-electron chi connectivity index (χ1n) is 11.3. The van der Waals surface area contributed by atoms with Crippen molar-refractivity contribution in [1.29, 1.82) is 0 Å². The Hall–Kier alpha value is -3.19. The second kappa shape index (κ2) is 9.96. The van der Waals surface area contributed by atoms with Crippen LogP contribution in [0.5, 0.6) is 0 Å². The van der Waals surface area contributed by atoms with E-state index >= 15 is 0 Å². The van der Waals surface area contributed by atoms with E-state index in [4.69, 9.17) is 0 Å². The molecule has 2 fully saturated rings. The Bertz CT molecular complexity index is 970. The zero-order valence-corrected chi connectivity index (χ0v) is 18.5. The molecular weight excluding hydrogens is 404 g/mol. The molecule has 2 aromatic carbocycles. The molecule has 0 bridgehead atoms. The van der Waals surface area contributed by atoms with E-state index in [2.05, 4.69) is 17.1 Å². The monoisotopic (exact) mass is 434 g/mol. The third-order valence-corrected chi connectivity index (χ3v) is 6.21. The van der Waals surface area contributed by atoms with Crippen LogP contribution < -0.4 is 10.2 Å². The van der Waals surface area contributed by atoms with E-state index in [0.29, 0.717) is 39.3 Å². The first kappa shape index (κ1) is 22.0. The van der Waals surface area contributed by atoms with Crippen LogP contribution in [0.2, 0.25) is 0 Å². The summed E-state index contributed by atoms with van der Waals surface area (Å²) in [7, 11) is 0. The highest BCUT2D eigenvalue weighted by Crippen LogP contribution is 2.27. The van der Waals surface area contributed by atoms with Gasteiger partial charge in [-0.1, -0.05) is 37.3 Å². The number of nitrogens with one attached hydrogen (secondary N) is 1. The summed E-state index contributed by atoms with van der Waals surface area (Å²) in [6, 6.07) is 17.4. The number of hydrogen-bond acceptors (Lipinski definition) is 4. The minimum absolute atomic E-state index is 0.00724. The van der Waals surface area contributed by atoms with Crippen molar-refractivity contribution in [3.05, 3.63) is 60.2 Å². The molecule has 3 amide bonds. The van der Waals surface area contributed by atoms with Gasteiger partial charge in [0, 0.05) is 50.5 Å². The van der Waals surface area contributed by atoms with Crippen LogP contribution in [0, 0.1) is 5.92 Å². The average Bonchev–Trinajstić information content (AvgIpc) is 3.21. The molecule has 0 unspecified atom stereocenters. The molecule has 0 saturated carbocycles. The lowest BCUT2D eigenvalue weighted by Gasteiger charge is -2.35. The van der Waals surface area contributed by atoms with Crippen molar-refractivity contribution >= 4 is 29.1 Å². The van der Waals surface area contributed by atoms with Gasteiger partial charge in [-0.2, -0.15) is 0 Å². The van der Waals surface area contributed by atoms with E-state index in [1.54, 1.807) is 4.90 Å². The summed E-state index contributed by atoms with van der Waals surface area (Å²) in [6.45, 7) is 5.28. The lowest BCUT2D eigenvalue weighted by atomic mass is 10.1. The fourth-order valence-corrected chi connectivity index (χ4v) is 4.38. The predicted octanol–water partition coefficient (Wildman–Crippen LogP) is 2.38. The zero-order chi connectivity index (χ0) is 22.5. The molecule has 1 N–H and O–H groups in total. The summed E-state index contributed by atoms with van der Waals surface area (Å²) in [5.74, 6) is -0.309. The topological polar surface area (TPSA) is 73.0 Å². The highest BCUT2D eigenvalue weighted by atomic mass is 16.2. The Labute approximate surface area is 189 Å². The van der Waals surface area contributed by atoms with Gasteiger partial charge in [0.05, 0.1) is 12.5 Å². The smallest absolute Gasteiger partial charge is 0.238 e. The number of hydrogen-bond donors (Lipinski definition) is 1. The largest absolute Gasteiger partial charge is 0.340 e. The molecule has 0 aromatic heterocycles. The fourth-order valence-electron chi connectivity index (χ4n) is 4.38. The maximum absolute atomic E-state index is 13.1. The minimum atomic E-state index is -0.305. The summed E-state index contributed by atoms with van der Waals surface area (Å²) >= 11 is 0. The van der Waals surface area contributed by atoms with Gasteiger partial charge in [-0.25, -0.2) is 0 Å². The normalized spacial score (nSPS) is 19.3. The number of rotatable bonds is 6. The van der Waals surface area contributed by atoms with Crippen molar-refractivity contribution in [3.8, 4) is 0 Å². The zero-order valence-electron chi connectivity index (χ0n) is 18.5. The van der Waals surface area contributed by atoms with Gasteiger partial charge >= 0.3 is 0 Å². The highest BCUT2D eigenvalue weighted by Gasteiger charge is 2.38. The SMILES string of the molecule is CCc1cccc(N2C[C@@H](C(=O)N3CCN(CC(=O)Nc4ccccc4)CC3)CC2=O)c1. The molecule has 32 heavy (non-hydrogen) atoms. The van der Waals surface area contributed by atoms with Crippen molar-refractivity contribution in [2.45, 2.75) is 19.8 Å². The molecule has 0 radical (unpaired) electrons. The molecule has 2 aliphatic heterocycles. The Morgan fingerprint density at radius 2 is 1.75 bits per heavy atom.